The number of aromatic nitrogens is 2. The molecule has 3 heterocycles. The number of aromatic amines is 1. The lowest BCUT2D eigenvalue weighted by Gasteiger charge is -2.33. The van der Waals surface area contributed by atoms with Gasteiger partial charge in [-0.25, -0.2) is 9.78 Å². The molecule has 2 saturated heterocycles. The number of hydrogen-bond donors (Lipinski definition) is 1. The molecule has 1 aromatic carbocycles. The zero-order valence-corrected chi connectivity index (χ0v) is 17.8. The Morgan fingerprint density at radius 3 is 2.72 bits per heavy atom. The van der Waals surface area contributed by atoms with Crippen LogP contribution in [-0.4, -0.2) is 46.3 Å². The average Bonchev–Trinajstić information content (AvgIpc) is 3.27. The molecule has 1 aromatic heterocycles. The van der Waals surface area contributed by atoms with Gasteiger partial charge in [-0.1, -0.05) is 29.8 Å². The summed E-state index contributed by atoms with van der Waals surface area (Å²) >= 11 is 0. The second-order valence-electron chi connectivity index (χ2n) is 9.53. The van der Waals surface area contributed by atoms with Crippen LogP contribution in [-0.2, 0) is 9.47 Å². The first-order chi connectivity index (χ1) is 13.7. The van der Waals surface area contributed by atoms with Gasteiger partial charge in [-0.05, 0) is 52.5 Å². The van der Waals surface area contributed by atoms with Crippen LogP contribution < -0.4 is 0 Å². The quantitative estimate of drug-likeness (QED) is 0.785. The number of nitrogens with one attached hydrogen (secondary N) is 1. The minimum absolute atomic E-state index is 0.0172. The molecule has 6 heteroatoms. The van der Waals surface area contributed by atoms with Crippen molar-refractivity contribution in [2.24, 2.45) is 5.41 Å². The van der Waals surface area contributed by atoms with Crippen LogP contribution in [0.1, 0.15) is 57.5 Å². The van der Waals surface area contributed by atoms with E-state index in [1.54, 1.807) is 0 Å². The Labute approximate surface area is 172 Å². The molecule has 156 valence electrons. The van der Waals surface area contributed by atoms with Gasteiger partial charge in [0, 0.05) is 18.6 Å². The fraction of sp³-hybridized carbons (Fsp3) is 0.565. The number of aryl methyl sites for hydroxylation is 1. The van der Waals surface area contributed by atoms with Crippen molar-refractivity contribution in [1.82, 2.24) is 14.9 Å². The first-order valence-electron chi connectivity index (χ1n) is 10.4. The van der Waals surface area contributed by atoms with E-state index in [1.165, 1.54) is 5.56 Å². The van der Waals surface area contributed by atoms with Crippen molar-refractivity contribution in [2.45, 2.75) is 58.6 Å². The summed E-state index contributed by atoms with van der Waals surface area (Å²) in [4.78, 5) is 23.0. The Balaban J connectivity index is 1.62. The van der Waals surface area contributed by atoms with E-state index in [4.69, 9.17) is 9.47 Å². The van der Waals surface area contributed by atoms with Gasteiger partial charge >= 0.3 is 6.09 Å². The zero-order valence-electron chi connectivity index (χ0n) is 17.8. The Morgan fingerprint density at radius 1 is 1.31 bits per heavy atom. The van der Waals surface area contributed by atoms with Gasteiger partial charge in [0.15, 0.2) is 0 Å². The molecule has 0 radical (unpaired) electrons. The molecule has 2 aliphatic heterocycles. The van der Waals surface area contributed by atoms with Crippen LogP contribution in [0.25, 0.3) is 11.3 Å². The molecule has 2 aromatic rings. The maximum atomic E-state index is 13.0. The molecule has 1 spiro atoms. The van der Waals surface area contributed by atoms with Crippen LogP contribution in [0.15, 0.2) is 30.5 Å². The second-order valence-corrected chi connectivity index (χ2v) is 9.53. The third kappa shape index (κ3) is 4.32. The van der Waals surface area contributed by atoms with E-state index >= 15 is 0 Å². The number of benzene rings is 1. The molecule has 2 atom stereocenters. The lowest BCUT2D eigenvalue weighted by Crippen LogP contribution is -2.40. The molecule has 0 saturated carbocycles. The topological polar surface area (TPSA) is 67.4 Å². The van der Waals surface area contributed by atoms with Crippen LogP contribution in [0, 0.1) is 12.3 Å². The summed E-state index contributed by atoms with van der Waals surface area (Å²) in [6.07, 6.45) is 4.51. The van der Waals surface area contributed by atoms with Gasteiger partial charge in [0.25, 0.3) is 0 Å². The van der Waals surface area contributed by atoms with E-state index < -0.39 is 5.60 Å². The number of amides is 1. The van der Waals surface area contributed by atoms with Crippen molar-refractivity contribution in [3.8, 4) is 11.3 Å². The molecule has 6 nitrogen and oxygen atoms in total. The zero-order chi connectivity index (χ0) is 20.6. The molecule has 29 heavy (non-hydrogen) atoms. The molecule has 2 fully saturated rings. The molecule has 0 bridgehead atoms. The Hall–Kier alpha value is -2.34. The second kappa shape index (κ2) is 7.48. The first kappa shape index (κ1) is 20.0. The fourth-order valence-electron chi connectivity index (χ4n) is 4.39. The number of imidazole rings is 1. The summed E-state index contributed by atoms with van der Waals surface area (Å²) in [6.45, 7) is 9.91. The van der Waals surface area contributed by atoms with Gasteiger partial charge in [0.2, 0.25) is 0 Å². The van der Waals surface area contributed by atoms with Crippen molar-refractivity contribution >= 4 is 6.09 Å². The summed E-state index contributed by atoms with van der Waals surface area (Å²) in [7, 11) is 0. The minimum atomic E-state index is -0.531. The van der Waals surface area contributed by atoms with Gasteiger partial charge in [0.05, 0.1) is 24.5 Å². The monoisotopic (exact) mass is 397 g/mol. The highest BCUT2D eigenvalue weighted by atomic mass is 16.6. The number of nitrogens with zero attached hydrogens (tertiary/aromatic N) is 2. The maximum absolute atomic E-state index is 13.0. The summed E-state index contributed by atoms with van der Waals surface area (Å²) in [5.74, 6) is 0.814. The van der Waals surface area contributed by atoms with Gasteiger partial charge in [-0.3, -0.25) is 4.90 Å². The molecule has 0 unspecified atom stereocenters. The van der Waals surface area contributed by atoms with Crippen LogP contribution in [0.3, 0.4) is 0 Å². The highest BCUT2D eigenvalue weighted by Gasteiger charge is 2.49. The van der Waals surface area contributed by atoms with Crippen molar-refractivity contribution in [3.63, 3.8) is 0 Å². The molecular weight excluding hydrogens is 366 g/mol. The minimum Gasteiger partial charge on any atom is -0.444 e. The van der Waals surface area contributed by atoms with Crippen molar-refractivity contribution in [3.05, 3.63) is 41.9 Å². The largest absolute Gasteiger partial charge is 0.444 e. The SMILES string of the molecule is Cc1ccc(-c2cnc([C@@H]3C[C@]4(CCCOC4)CN3C(=O)OC(C)(C)C)[nH]2)cc1. The predicted molar refractivity (Wildman–Crippen MR) is 112 cm³/mol. The fourth-order valence-corrected chi connectivity index (χ4v) is 4.39. The molecular formula is C23H31N3O3. The van der Waals surface area contributed by atoms with E-state index in [2.05, 4.69) is 41.2 Å². The van der Waals surface area contributed by atoms with Gasteiger partial charge < -0.3 is 14.5 Å². The highest BCUT2D eigenvalue weighted by molar-refractivity contribution is 5.69. The lowest BCUT2D eigenvalue weighted by atomic mass is 9.80. The number of rotatable bonds is 2. The highest BCUT2D eigenvalue weighted by Crippen LogP contribution is 2.47. The van der Waals surface area contributed by atoms with Crippen LogP contribution in [0.5, 0.6) is 0 Å². The van der Waals surface area contributed by atoms with Crippen LogP contribution >= 0.6 is 0 Å². The Morgan fingerprint density at radius 2 is 2.07 bits per heavy atom. The summed E-state index contributed by atoms with van der Waals surface area (Å²) in [6, 6.07) is 8.22. The molecule has 1 N–H and O–H groups in total. The maximum Gasteiger partial charge on any atom is 0.410 e. The molecule has 4 rings (SSSR count). The van der Waals surface area contributed by atoms with Gasteiger partial charge in [-0.15, -0.1) is 0 Å². The summed E-state index contributed by atoms with van der Waals surface area (Å²) in [5.41, 5.74) is 2.73. The van der Waals surface area contributed by atoms with E-state index in [-0.39, 0.29) is 17.6 Å². The van der Waals surface area contributed by atoms with Crippen LogP contribution in [0.2, 0.25) is 0 Å². The summed E-state index contributed by atoms with van der Waals surface area (Å²) in [5, 5.41) is 0. The van der Waals surface area contributed by atoms with Crippen molar-refractivity contribution in [2.75, 3.05) is 19.8 Å². The van der Waals surface area contributed by atoms with E-state index in [0.29, 0.717) is 13.2 Å². The van der Waals surface area contributed by atoms with Crippen molar-refractivity contribution < 1.29 is 14.3 Å². The Bertz CT molecular complexity index is 860. The van der Waals surface area contributed by atoms with Crippen LogP contribution in [0.4, 0.5) is 4.79 Å². The molecule has 2 aliphatic rings. The smallest absolute Gasteiger partial charge is 0.410 e. The van der Waals surface area contributed by atoms with E-state index in [0.717, 1.165) is 43.0 Å². The number of H-pyrrole nitrogens is 1. The predicted octanol–water partition coefficient (Wildman–Crippen LogP) is 4.86. The van der Waals surface area contributed by atoms with Gasteiger partial charge in [0.1, 0.15) is 11.4 Å². The molecule has 1 amide bonds. The number of likely N-dealkylation sites (tertiary alicyclic amines) is 1. The van der Waals surface area contributed by atoms with Gasteiger partial charge in [-0.2, -0.15) is 0 Å². The summed E-state index contributed by atoms with van der Waals surface area (Å²) < 4.78 is 11.5. The lowest BCUT2D eigenvalue weighted by molar-refractivity contribution is -0.00754. The molecule has 0 aliphatic carbocycles. The third-order valence-electron chi connectivity index (χ3n) is 5.81. The average molecular weight is 398 g/mol. The normalized spacial score (nSPS) is 24.8. The number of carbonyl (C=O) groups is 1. The first-order valence-corrected chi connectivity index (χ1v) is 10.4. The third-order valence-corrected chi connectivity index (χ3v) is 5.81. The van der Waals surface area contributed by atoms with E-state index in [1.807, 2.05) is 31.9 Å². The number of hydrogen-bond acceptors (Lipinski definition) is 4. The number of ether oxygens (including phenoxy) is 2. The Kier molecular flexibility index (Phi) is 5.15. The van der Waals surface area contributed by atoms with E-state index in [9.17, 15) is 4.79 Å². The standard InChI is InChI=1S/C23H31N3O3/c1-16-6-8-17(9-7-16)18-13-24-20(25-18)19-12-23(10-5-11-28-15-23)14-26(19)21(27)29-22(2,3)4/h6-9,13,19H,5,10-12,14-15H2,1-4H3,(H,24,25)/t19-,23+/m0/s1. The number of carbonyl (C=O) groups excluding carboxylic acids is 1. The van der Waals surface area contributed by atoms with Crippen molar-refractivity contribution in [1.29, 1.82) is 0 Å².